The Morgan fingerprint density at radius 2 is 2.00 bits per heavy atom. The van der Waals surface area contributed by atoms with Gasteiger partial charge in [-0.25, -0.2) is 0 Å². The summed E-state index contributed by atoms with van der Waals surface area (Å²) in [6.45, 7) is 7.06. The molecule has 1 heterocycles. The molecule has 1 aliphatic heterocycles. The van der Waals surface area contributed by atoms with Crippen molar-refractivity contribution in [2.45, 2.75) is 45.8 Å². The van der Waals surface area contributed by atoms with Crippen molar-refractivity contribution in [3.8, 4) is 0 Å². The normalized spacial score (nSPS) is 50.1. The maximum absolute atomic E-state index is 5.48. The van der Waals surface area contributed by atoms with Crippen LogP contribution in [0.15, 0.2) is 0 Å². The van der Waals surface area contributed by atoms with Crippen LogP contribution in [-0.2, 0) is 4.74 Å². The summed E-state index contributed by atoms with van der Waals surface area (Å²) in [4.78, 5) is 0. The molecule has 0 N–H and O–H groups in total. The Bertz CT molecular complexity index is 151. The molecule has 0 spiro atoms. The molecule has 0 amide bonds. The minimum Gasteiger partial charge on any atom is -0.370 e. The third-order valence-electron chi connectivity index (χ3n) is 3.33. The molecule has 0 aromatic carbocycles. The summed E-state index contributed by atoms with van der Waals surface area (Å²) in [6, 6.07) is 0. The largest absolute Gasteiger partial charge is 0.370 e. The lowest BCUT2D eigenvalue weighted by molar-refractivity contribution is 0.175. The molecule has 1 nitrogen and oxygen atoms in total. The molecule has 0 radical (unpaired) electrons. The van der Waals surface area contributed by atoms with E-state index in [1.165, 1.54) is 12.8 Å². The van der Waals surface area contributed by atoms with Crippen LogP contribution in [0.1, 0.15) is 33.6 Å². The quantitative estimate of drug-likeness (QED) is 0.470. The maximum atomic E-state index is 5.48. The molecular formula is C9H16O. The maximum Gasteiger partial charge on any atom is 0.0847 e. The number of hydrogen-bond acceptors (Lipinski definition) is 1. The van der Waals surface area contributed by atoms with Crippen LogP contribution >= 0.6 is 0 Å². The van der Waals surface area contributed by atoms with Crippen molar-refractivity contribution in [2.75, 3.05) is 0 Å². The summed E-state index contributed by atoms with van der Waals surface area (Å²) in [5.41, 5.74) is 0.525. The summed E-state index contributed by atoms with van der Waals surface area (Å²) in [7, 11) is 0. The van der Waals surface area contributed by atoms with Crippen molar-refractivity contribution in [3.63, 3.8) is 0 Å². The predicted octanol–water partition coefficient (Wildman–Crippen LogP) is 2.21. The van der Waals surface area contributed by atoms with Crippen molar-refractivity contribution in [1.29, 1.82) is 0 Å². The van der Waals surface area contributed by atoms with Gasteiger partial charge in [0.15, 0.2) is 0 Å². The van der Waals surface area contributed by atoms with Crippen molar-refractivity contribution in [2.24, 2.45) is 11.3 Å². The van der Waals surface area contributed by atoms with Gasteiger partial charge in [-0.1, -0.05) is 20.8 Å². The Balaban J connectivity index is 2.08. The van der Waals surface area contributed by atoms with Crippen molar-refractivity contribution in [3.05, 3.63) is 0 Å². The molecule has 2 fully saturated rings. The number of ether oxygens (including phenoxy) is 1. The number of epoxide rings is 1. The fourth-order valence-electron chi connectivity index (χ4n) is 1.95. The molecule has 10 heavy (non-hydrogen) atoms. The van der Waals surface area contributed by atoms with Crippen LogP contribution in [0, 0.1) is 11.3 Å². The van der Waals surface area contributed by atoms with Gasteiger partial charge >= 0.3 is 0 Å². The first-order valence-corrected chi connectivity index (χ1v) is 4.25. The zero-order valence-electron chi connectivity index (χ0n) is 7.05. The van der Waals surface area contributed by atoms with E-state index >= 15 is 0 Å². The van der Waals surface area contributed by atoms with Crippen LogP contribution in [0.25, 0.3) is 0 Å². The molecule has 2 rings (SSSR count). The second kappa shape index (κ2) is 1.76. The van der Waals surface area contributed by atoms with Crippen LogP contribution in [0.5, 0.6) is 0 Å². The smallest absolute Gasteiger partial charge is 0.0847 e. The number of hydrogen-bond donors (Lipinski definition) is 0. The molecule has 1 aliphatic carbocycles. The molecule has 0 bridgehead atoms. The standard InChI is InChI=1S/C9H16O/c1-6-4-7-8(10-7)5-9(6,2)3/h6-8H,4-5H2,1-3H3. The average molecular weight is 140 g/mol. The van der Waals surface area contributed by atoms with Gasteiger partial charge < -0.3 is 4.74 Å². The highest BCUT2D eigenvalue weighted by molar-refractivity contribution is 4.98. The van der Waals surface area contributed by atoms with E-state index in [-0.39, 0.29) is 0 Å². The van der Waals surface area contributed by atoms with Gasteiger partial charge in [-0.05, 0) is 24.2 Å². The van der Waals surface area contributed by atoms with Gasteiger partial charge in [0.2, 0.25) is 0 Å². The lowest BCUT2D eigenvalue weighted by Gasteiger charge is -2.33. The van der Waals surface area contributed by atoms with E-state index < -0.39 is 0 Å². The third-order valence-corrected chi connectivity index (χ3v) is 3.33. The second-order valence-corrected chi connectivity index (χ2v) is 4.54. The Hall–Kier alpha value is -0.0400. The highest BCUT2D eigenvalue weighted by Gasteiger charge is 2.49. The minimum atomic E-state index is 0.525. The SMILES string of the molecule is CC1CC2OC2CC1(C)C. The van der Waals surface area contributed by atoms with E-state index in [4.69, 9.17) is 4.74 Å². The fourth-order valence-corrected chi connectivity index (χ4v) is 1.95. The Morgan fingerprint density at radius 1 is 1.30 bits per heavy atom. The first-order chi connectivity index (χ1) is 4.59. The van der Waals surface area contributed by atoms with Crippen LogP contribution in [-0.4, -0.2) is 12.2 Å². The fraction of sp³-hybridized carbons (Fsp3) is 1.00. The summed E-state index contributed by atoms with van der Waals surface area (Å²) in [5, 5.41) is 0. The van der Waals surface area contributed by atoms with Crippen molar-refractivity contribution < 1.29 is 4.74 Å². The lowest BCUT2D eigenvalue weighted by Crippen LogP contribution is -2.29. The first-order valence-electron chi connectivity index (χ1n) is 4.25. The first kappa shape index (κ1) is 6.66. The molecular weight excluding hydrogens is 124 g/mol. The van der Waals surface area contributed by atoms with Gasteiger partial charge in [0, 0.05) is 0 Å². The third kappa shape index (κ3) is 0.878. The Morgan fingerprint density at radius 3 is 2.60 bits per heavy atom. The molecule has 58 valence electrons. The second-order valence-electron chi connectivity index (χ2n) is 4.54. The molecule has 2 aliphatic rings. The van der Waals surface area contributed by atoms with Crippen molar-refractivity contribution >= 4 is 0 Å². The Labute approximate surface area is 62.8 Å². The zero-order chi connectivity index (χ0) is 7.35. The van der Waals surface area contributed by atoms with E-state index in [9.17, 15) is 0 Å². The zero-order valence-corrected chi connectivity index (χ0v) is 7.05. The van der Waals surface area contributed by atoms with Crippen LogP contribution in [0.3, 0.4) is 0 Å². The van der Waals surface area contributed by atoms with Crippen LogP contribution in [0.4, 0.5) is 0 Å². The highest BCUT2D eigenvalue weighted by Crippen LogP contribution is 2.48. The summed E-state index contributed by atoms with van der Waals surface area (Å²) < 4.78 is 5.48. The number of rotatable bonds is 0. The molecule has 0 aromatic heterocycles. The van der Waals surface area contributed by atoms with Gasteiger partial charge in [0.05, 0.1) is 12.2 Å². The lowest BCUT2D eigenvalue weighted by atomic mass is 9.70. The van der Waals surface area contributed by atoms with E-state index in [1.807, 2.05) is 0 Å². The molecule has 1 saturated heterocycles. The monoisotopic (exact) mass is 140 g/mol. The molecule has 1 saturated carbocycles. The predicted molar refractivity (Wildman–Crippen MR) is 40.8 cm³/mol. The molecule has 3 atom stereocenters. The van der Waals surface area contributed by atoms with Crippen LogP contribution < -0.4 is 0 Å². The minimum absolute atomic E-state index is 0.525. The van der Waals surface area contributed by atoms with E-state index in [2.05, 4.69) is 20.8 Å². The molecule has 3 unspecified atom stereocenters. The van der Waals surface area contributed by atoms with Gasteiger partial charge in [-0.2, -0.15) is 0 Å². The van der Waals surface area contributed by atoms with E-state index in [1.54, 1.807) is 0 Å². The highest BCUT2D eigenvalue weighted by atomic mass is 16.6. The summed E-state index contributed by atoms with van der Waals surface area (Å²) in [6.07, 6.45) is 3.84. The van der Waals surface area contributed by atoms with Gasteiger partial charge in [0.1, 0.15) is 0 Å². The van der Waals surface area contributed by atoms with Crippen LogP contribution in [0.2, 0.25) is 0 Å². The molecule has 0 aromatic rings. The summed E-state index contributed by atoms with van der Waals surface area (Å²) in [5.74, 6) is 0.844. The Kier molecular flexibility index (Phi) is 1.17. The van der Waals surface area contributed by atoms with Gasteiger partial charge in [-0.3, -0.25) is 0 Å². The molecule has 1 heteroatoms. The van der Waals surface area contributed by atoms with Crippen molar-refractivity contribution in [1.82, 2.24) is 0 Å². The number of fused-ring (bicyclic) bond motifs is 1. The average Bonchev–Trinajstić information content (AvgIpc) is 2.44. The summed E-state index contributed by atoms with van der Waals surface area (Å²) >= 11 is 0. The van der Waals surface area contributed by atoms with Gasteiger partial charge in [0.25, 0.3) is 0 Å². The van der Waals surface area contributed by atoms with E-state index in [0.29, 0.717) is 17.6 Å². The van der Waals surface area contributed by atoms with E-state index in [0.717, 1.165) is 5.92 Å². The topological polar surface area (TPSA) is 12.5 Å². The van der Waals surface area contributed by atoms with Gasteiger partial charge in [-0.15, -0.1) is 0 Å².